The summed E-state index contributed by atoms with van der Waals surface area (Å²) in [7, 11) is 0. The van der Waals surface area contributed by atoms with E-state index in [1.54, 1.807) is 6.07 Å². The van der Waals surface area contributed by atoms with Gasteiger partial charge in [-0.3, -0.25) is 0 Å². The Morgan fingerprint density at radius 1 is 1.54 bits per heavy atom. The van der Waals surface area contributed by atoms with Crippen LogP contribution in [0.25, 0.3) is 10.2 Å². The van der Waals surface area contributed by atoms with E-state index in [1.807, 2.05) is 12.1 Å². The van der Waals surface area contributed by atoms with Gasteiger partial charge in [0.15, 0.2) is 0 Å². The summed E-state index contributed by atoms with van der Waals surface area (Å²) < 4.78 is 0.929. The Bertz CT molecular complexity index is 456. The number of benzene rings is 1. The topological polar surface area (TPSA) is 54.4 Å². The lowest BCUT2D eigenvalue weighted by Crippen LogP contribution is -1.82. The van der Waals surface area contributed by atoms with Crippen LogP contribution in [0.5, 0.6) is 0 Å². The van der Waals surface area contributed by atoms with Gasteiger partial charge < -0.3 is 0 Å². The number of hydrogen-bond donors (Lipinski definition) is 1. The molecule has 2 rings (SSSR count). The summed E-state index contributed by atoms with van der Waals surface area (Å²) in [6.07, 6.45) is 0. The number of fused-ring (bicyclic) bond motifs is 1. The lowest BCUT2D eigenvalue weighted by atomic mass is 10.3. The first kappa shape index (κ1) is 8.40. The maximum atomic E-state index is 9.91. The van der Waals surface area contributed by atoms with Crippen molar-refractivity contribution < 1.29 is 0 Å². The molecule has 0 radical (unpaired) electrons. The molecule has 66 valence electrons. The summed E-state index contributed by atoms with van der Waals surface area (Å²) in [5.74, 6) is 0. The summed E-state index contributed by atoms with van der Waals surface area (Å²) in [6, 6.07) is 5.47. The van der Waals surface area contributed by atoms with Gasteiger partial charge in [-0.25, -0.2) is 10.4 Å². The Hall–Kier alpha value is -1.20. The van der Waals surface area contributed by atoms with E-state index in [1.165, 1.54) is 11.3 Å². The lowest BCUT2D eigenvalue weighted by Gasteiger charge is -1.87. The average Bonchev–Trinajstić information content (AvgIpc) is 2.49. The monoisotopic (exact) mass is 213 g/mol. The molecule has 0 amide bonds. The molecule has 0 spiro atoms. The molecule has 4 nitrogen and oxygen atoms in total. The number of thiazole rings is 1. The fourth-order valence-electron chi connectivity index (χ4n) is 1.00. The second-order valence-corrected chi connectivity index (χ2v) is 3.75. The lowest BCUT2D eigenvalue weighted by molar-refractivity contribution is 1.29. The highest BCUT2D eigenvalue weighted by Gasteiger charge is 2.05. The van der Waals surface area contributed by atoms with Crippen molar-refractivity contribution >= 4 is 38.3 Å². The fraction of sp³-hybridized carbons (Fsp3) is 0. The van der Waals surface area contributed by atoms with Gasteiger partial charge in [0.1, 0.15) is 5.52 Å². The van der Waals surface area contributed by atoms with Crippen molar-refractivity contribution in [3.63, 3.8) is 0 Å². The van der Waals surface area contributed by atoms with Crippen LogP contribution >= 0.6 is 22.9 Å². The normalized spacial score (nSPS) is 10.2. The summed E-state index contributed by atoms with van der Waals surface area (Å²) in [4.78, 5) is 14.0. The molecule has 0 aliphatic carbocycles. The van der Waals surface area contributed by atoms with Gasteiger partial charge in [-0.1, -0.05) is 29.0 Å². The van der Waals surface area contributed by atoms with Crippen molar-refractivity contribution in [1.82, 2.24) is 4.98 Å². The van der Waals surface area contributed by atoms with Crippen LogP contribution < -0.4 is 5.43 Å². The number of anilines is 1. The van der Waals surface area contributed by atoms with Crippen molar-refractivity contribution in [2.24, 2.45) is 5.29 Å². The van der Waals surface area contributed by atoms with E-state index in [0.717, 1.165) is 4.70 Å². The number of nitrogens with one attached hydrogen (secondary N) is 1. The zero-order valence-electron chi connectivity index (χ0n) is 6.32. The molecule has 0 saturated heterocycles. The molecular formula is C7H4ClN3OS. The SMILES string of the molecule is O=NNc1nc2c(Cl)cccc2s1. The predicted octanol–water partition coefficient (Wildman–Crippen LogP) is 3.04. The number of rotatable bonds is 2. The van der Waals surface area contributed by atoms with Crippen LogP contribution in [0.3, 0.4) is 0 Å². The summed E-state index contributed by atoms with van der Waals surface area (Å²) >= 11 is 7.21. The minimum absolute atomic E-state index is 0.457. The Labute approximate surface area is 82.5 Å². The van der Waals surface area contributed by atoms with Crippen molar-refractivity contribution in [3.05, 3.63) is 28.1 Å². The van der Waals surface area contributed by atoms with Gasteiger partial charge >= 0.3 is 0 Å². The molecule has 0 aliphatic rings. The maximum absolute atomic E-state index is 9.91. The summed E-state index contributed by atoms with van der Waals surface area (Å²) in [5.41, 5.74) is 2.94. The second-order valence-electron chi connectivity index (χ2n) is 2.31. The highest BCUT2D eigenvalue weighted by atomic mass is 35.5. The van der Waals surface area contributed by atoms with E-state index in [0.29, 0.717) is 15.7 Å². The van der Waals surface area contributed by atoms with E-state index < -0.39 is 0 Å². The minimum Gasteiger partial charge on any atom is -0.217 e. The van der Waals surface area contributed by atoms with Gasteiger partial charge in [0.2, 0.25) is 5.13 Å². The third-order valence-corrected chi connectivity index (χ3v) is 2.74. The summed E-state index contributed by atoms with van der Waals surface area (Å²) in [6.45, 7) is 0. The smallest absolute Gasteiger partial charge is 0.207 e. The van der Waals surface area contributed by atoms with E-state index >= 15 is 0 Å². The van der Waals surface area contributed by atoms with E-state index in [4.69, 9.17) is 11.6 Å². The van der Waals surface area contributed by atoms with Gasteiger partial charge in [0.25, 0.3) is 0 Å². The van der Waals surface area contributed by atoms with E-state index in [-0.39, 0.29) is 0 Å². The number of hydrogen-bond acceptors (Lipinski definition) is 4. The zero-order chi connectivity index (χ0) is 9.26. The minimum atomic E-state index is 0.457. The van der Waals surface area contributed by atoms with Gasteiger partial charge in [-0.2, -0.15) is 0 Å². The van der Waals surface area contributed by atoms with Crippen LogP contribution in [-0.2, 0) is 0 Å². The highest BCUT2D eigenvalue weighted by Crippen LogP contribution is 2.30. The highest BCUT2D eigenvalue weighted by molar-refractivity contribution is 7.22. The Morgan fingerprint density at radius 2 is 2.38 bits per heavy atom. The first-order chi connectivity index (χ1) is 6.31. The van der Waals surface area contributed by atoms with Crippen LogP contribution in [0.2, 0.25) is 5.02 Å². The molecule has 1 aromatic carbocycles. The molecule has 6 heteroatoms. The molecule has 0 atom stereocenters. The number of para-hydroxylation sites is 1. The molecule has 0 bridgehead atoms. The third kappa shape index (κ3) is 1.48. The third-order valence-electron chi connectivity index (χ3n) is 1.51. The van der Waals surface area contributed by atoms with Crippen molar-refractivity contribution in [1.29, 1.82) is 0 Å². The number of aromatic nitrogens is 1. The molecule has 1 aromatic heterocycles. The molecular weight excluding hydrogens is 210 g/mol. The van der Waals surface area contributed by atoms with Gasteiger partial charge in [-0.15, -0.1) is 4.91 Å². The summed E-state index contributed by atoms with van der Waals surface area (Å²) in [5, 5.41) is 3.57. The first-order valence-corrected chi connectivity index (χ1v) is 4.64. The fourth-order valence-corrected chi connectivity index (χ4v) is 2.10. The second kappa shape index (κ2) is 3.27. The zero-order valence-corrected chi connectivity index (χ0v) is 7.89. The van der Waals surface area contributed by atoms with E-state index in [9.17, 15) is 4.91 Å². The molecule has 0 unspecified atom stereocenters. The maximum Gasteiger partial charge on any atom is 0.207 e. The van der Waals surface area contributed by atoms with Gasteiger partial charge in [-0.05, 0) is 12.1 Å². The number of nitrogens with zero attached hydrogens (tertiary/aromatic N) is 2. The quantitative estimate of drug-likeness (QED) is 0.616. The van der Waals surface area contributed by atoms with Crippen molar-refractivity contribution in [2.75, 3.05) is 5.43 Å². The van der Waals surface area contributed by atoms with Crippen molar-refractivity contribution in [2.45, 2.75) is 0 Å². The van der Waals surface area contributed by atoms with Gasteiger partial charge in [0.05, 0.1) is 15.0 Å². The molecule has 0 saturated carbocycles. The number of nitroso groups, excluding NO2 is 1. The molecule has 0 aliphatic heterocycles. The Morgan fingerprint density at radius 3 is 3.08 bits per heavy atom. The van der Waals surface area contributed by atoms with Crippen LogP contribution in [0.15, 0.2) is 23.5 Å². The average molecular weight is 214 g/mol. The predicted molar refractivity (Wildman–Crippen MR) is 54.0 cm³/mol. The molecule has 0 fully saturated rings. The number of halogens is 1. The molecule has 13 heavy (non-hydrogen) atoms. The molecule has 1 heterocycles. The van der Waals surface area contributed by atoms with Crippen molar-refractivity contribution in [3.8, 4) is 0 Å². The molecule has 2 aromatic rings. The van der Waals surface area contributed by atoms with Crippen LogP contribution in [0.4, 0.5) is 5.13 Å². The van der Waals surface area contributed by atoms with Crippen LogP contribution in [-0.4, -0.2) is 4.98 Å². The molecule has 1 N–H and O–H groups in total. The Balaban J connectivity index is 2.61. The Kier molecular flexibility index (Phi) is 2.12. The van der Waals surface area contributed by atoms with E-state index in [2.05, 4.69) is 15.7 Å². The van der Waals surface area contributed by atoms with Crippen LogP contribution in [0.1, 0.15) is 0 Å². The first-order valence-electron chi connectivity index (χ1n) is 3.44. The van der Waals surface area contributed by atoms with Gasteiger partial charge in [0, 0.05) is 0 Å². The largest absolute Gasteiger partial charge is 0.217 e. The standard InChI is InChI=1S/C7H4ClN3OS/c8-4-2-1-3-5-6(4)9-7(13-5)10-11-12/h1-3H,(H,9,10,12). The van der Waals surface area contributed by atoms with Crippen LogP contribution in [0, 0.1) is 4.91 Å².